The van der Waals surface area contributed by atoms with Gasteiger partial charge in [-0.1, -0.05) is 37.3 Å². The smallest absolute Gasteiger partial charge is 0.251 e. The molecule has 1 unspecified atom stereocenters. The quantitative estimate of drug-likeness (QED) is 0.386. The minimum atomic E-state index is -3.58. The highest BCUT2D eigenvalue weighted by atomic mass is 32.2. The Hall–Kier alpha value is -4.18. The van der Waals surface area contributed by atoms with Crippen LogP contribution in [0.15, 0.2) is 65.6 Å². The maximum atomic E-state index is 13.7. The summed E-state index contributed by atoms with van der Waals surface area (Å²) in [6, 6.07) is 17.0. The van der Waals surface area contributed by atoms with Crippen LogP contribution in [0.1, 0.15) is 58.4 Å². The summed E-state index contributed by atoms with van der Waals surface area (Å²) in [4.78, 5) is 38.7. The number of hydrogen-bond donors (Lipinski definition) is 4. The van der Waals surface area contributed by atoms with Crippen molar-refractivity contribution in [1.29, 1.82) is 0 Å². The highest BCUT2D eigenvalue weighted by molar-refractivity contribution is 7.91. The zero-order valence-corrected chi connectivity index (χ0v) is 23.1. The lowest BCUT2D eigenvalue weighted by molar-refractivity contribution is -0.122. The molecule has 0 saturated carbocycles. The molecular formula is C30H32N4O5S. The Morgan fingerprint density at radius 3 is 2.45 bits per heavy atom. The second kappa shape index (κ2) is 11.5. The lowest BCUT2D eigenvalue weighted by Gasteiger charge is -2.23. The molecule has 9 nitrogen and oxygen atoms in total. The van der Waals surface area contributed by atoms with Crippen LogP contribution in [-0.4, -0.2) is 38.4 Å². The van der Waals surface area contributed by atoms with Crippen LogP contribution in [0.2, 0.25) is 0 Å². The molecular weight excluding hydrogens is 528 g/mol. The number of rotatable bonds is 4. The van der Waals surface area contributed by atoms with Crippen molar-refractivity contribution >= 4 is 38.9 Å². The van der Waals surface area contributed by atoms with E-state index in [1.54, 1.807) is 25.1 Å². The molecule has 0 aliphatic carbocycles. The molecule has 3 aromatic rings. The molecule has 40 heavy (non-hydrogen) atoms. The van der Waals surface area contributed by atoms with E-state index in [0.29, 0.717) is 53.9 Å². The topological polar surface area (TPSA) is 133 Å². The van der Waals surface area contributed by atoms with Gasteiger partial charge in [-0.2, -0.15) is 0 Å². The summed E-state index contributed by atoms with van der Waals surface area (Å²) in [5.41, 5.74) is 4.77. The number of fused-ring (bicyclic) bond motifs is 10. The van der Waals surface area contributed by atoms with Gasteiger partial charge in [-0.25, -0.2) is 8.42 Å². The fraction of sp³-hybridized carbons (Fsp3) is 0.300. The molecule has 6 rings (SSSR count). The second-order valence-corrected chi connectivity index (χ2v) is 12.3. The predicted octanol–water partition coefficient (Wildman–Crippen LogP) is 3.51. The number of carbonyl (C=O) groups excluding carboxylic acids is 3. The van der Waals surface area contributed by atoms with Gasteiger partial charge in [0.2, 0.25) is 11.8 Å². The van der Waals surface area contributed by atoms with E-state index < -0.39 is 15.9 Å². The molecule has 4 N–H and O–H groups in total. The van der Waals surface area contributed by atoms with E-state index in [1.807, 2.05) is 36.4 Å². The molecule has 4 bridgehead atoms. The Bertz CT molecular complexity index is 1570. The van der Waals surface area contributed by atoms with Crippen molar-refractivity contribution < 1.29 is 22.8 Å². The number of benzene rings is 3. The SMILES string of the molecule is CCS(=O)(=O)c1ccc2cc1CNC(=O)C(Nc1ccc3c(c1)C(=O)NCC3)c1ccc(cc1)CCCC(=O)N2. The Morgan fingerprint density at radius 2 is 1.68 bits per heavy atom. The van der Waals surface area contributed by atoms with Gasteiger partial charge >= 0.3 is 0 Å². The third kappa shape index (κ3) is 6.02. The fourth-order valence-corrected chi connectivity index (χ4v) is 6.18. The predicted molar refractivity (Wildman–Crippen MR) is 153 cm³/mol. The van der Waals surface area contributed by atoms with Crippen LogP contribution in [0.25, 0.3) is 0 Å². The van der Waals surface area contributed by atoms with Crippen molar-refractivity contribution in [2.24, 2.45) is 0 Å². The molecule has 3 aliphatic heterocycles. The van der Waals surface area contributed by atoms with Gasteiger partial charge in [-0.05, 0) is 71.8 Å². The molecule has 0 fully saturated rings. The largest absolute Gasteiger partial charge is 0.370 e. The maximum Gasteiger partial charge on any atom is 0.251 e. The van der Waals surface area contributed by atoms with E-state index in [1.165, 1.54) is 6.07 Å². The maximum absolute atomic E-state index is 13.7. The van der Waals surface area contributed by atoms with E-state index in [-0.39, 0.29) is 34.9 Å². The Labute approximate surface area is 233 Å². The number of hydrogen-bond acceptors (Lipinski definition) is 6. The van der Waals surface area contributed by atoms with Gasteiger partial charge in [0.1, 0.15) is 6.04 Å². The molecule has 1 atom stereocenters. The molecule has 208 valence electrons. The monoisotopic (exact) mass is 560 g/mol. The average molecular weight is 561 g/mol. The minimum Gasteiger partial charge on any atom is -0.370 e. The van der Waals surface area contributed by atoms with Crippen molar-refractivity contribution in [3.63, 3.8) is 0 Å². The lowest BCUT2D eigenvalue weighted by Crippen LogP contribution is -2.34. The molecule has 0 saturated heterocycles. The first-order chi connectivity index (χ1) is 19.2. The first-order valence-electron chi connectivity index (χ1n) is 13.4. The van der Waals surface area contributed by atoms with Crippen molar-refractivity contribution in [3.05, 3.63) is 88.5 Å². The summed E-state index contributed by atoms with van der Waals surface area (Å²) in [7, 11) is -3.58. The van der Waals surface area contributed by atoms with E-state index in [0.717, 1.165) is 17.5 Å². The lowest BCUT2D eigenvalue weighted by atomic mass is 9.98. The van der Waals surface area contributed by atoms with Crippen LogP contribution in [0.4, 0.5) is 11.4 Å². The number of anilines is 2. The van der Waals surface area contributed by atoms with Crippen molar-refractivity contribution in [1.82, 2.24) is 10.6 Å². The number of nitrogens with one attached hydrogen (secondary N) is 4. The Balaban J connectivity index is 1.50. The van der Waals surface area contributed by atoms with E-state index >= 15 is 0 Å². The number of aryl methyl sites for hydroxylation is 1. The number of amides is 3. The average Bonchev–Trinajstić information content (AvgIpc) is 2.95. The van der Waals surface area contributed by atoms with Crippen LogP contribution in [0.3, 0.4) is 0 Å². The van der Waals surface area contributed by atoms with Gasteiger partial charge in [0.05, 0.1) is 10.6 Å². The Morgan fingerprint density at radius 1 is 0.875 bits per heavy atom. The fourth-order valence-electron chi connectivity index (χ4n) is 5.06. The van der Waals surface area contributed by atoms with Crippen LogP contribution in [0.5, 0.6) is 0 Å². The summed E-state index contributed by atoms with van der Waals surface area (Å²) < 4.78 is 25.6. The van der Waals surface area contributed by atoms with Crippen molar-refractivity contribution in [2.45, 2.75) is 50.1 Å². The summed E-state index contributed by atoms with van der Waals surface area (Å²) in [6.45, 7) is 2.10. The van der Waals surface area contributed by atoms with Gasteiger partial charge in [-0.15, -0.1) is 0 Å². The molecule has 3 aromatic carbocycles. The molecule has 3 aliphatic rings. The molecule has 0 spiro atoms. The molecule has 10 heteroatoms. The first kappa shape index (κ1) is 27.4. The summed E-state index contributed by atoms with van der Waals surface area (Å²) in [6.07, 6.45) is 2.39. The van der Waals surface area contributed by atoms with Crippen molar-refractivity contribution in [2.75, 3.05) is 22.9 Å². The molecule has 0 aromatic heterocycles. The van der Waals surface area contributed by atoms with Crippen molar-refractivity contribution in [3.8, 4) is 0 Å². The van der Waals surface area contributed by atoms with Gasteiger partial charge in [0, 0.05) is 36.4 Å². The van der Waals surface area contributed by atoms with E-state index in [9.17, 15) is 22.8 Å². The van der Waals surface area contributed by atoms with Gasteiger partial charge < -0.3 is 21.3 Å². The third-order valence-corrected chi connectivity index (χ3v) is 9.13. The zero-order chi connectivity index (χ0) is 28.3. The Kier molecular flexibility index (Phi) is 7.88. The number of carbonyl (C=O) groups is 3. The molecule has 3 heterocycles. The van der Waals surface area contributed by atoms with Crippen LogP contribution >= 0.6 is 0 Å². The van der Waals surface area contributed by atoms with E-state index in [4.69, 9.17) is 0 Å². The van der Waals surface area contributed by atoms with Gasteiger partial charge in [-0.3, -0.25) is 14.4 Å². The third-order valence-electron chi connectivity index (χ3n) is 7.30. The standard InChI is InChI=1S/C30H32N4O5S/c1-2-40(38,39)26-13-12-23-16-22(26)18-32-30(37)28(21-8-6-19(7-9-21)4-3-5-27(35)33-23)34-24-11-10-20-14-15-31-29(36)25(20)17-24/h6-13,16-17,28,34H,2-5,14-15,18H2,1H3,(H,31,36)(H,32,37)(H,33,35). The highest BCUT2D eigenvalue weighted by Crippen LogP contribution is 2.26. The highest BCUT2D eigenvalue weighted by Gasteiger charge is 2.24. The summed E-state index contributed by atoms with van der Waals surface area (Å²) in [5.74, 6) is -0.764. The van der Waals surface area contributed by atoms with Crippen LogP contribution in [0, 0.1) is 0 Å². The zero-order valence-electron chi connectivity index (χ0n) is 22.3. The summed E-state index contributed by atoms with van der Waals surface area (Å²) in [5, 5.41) is 11.9. The second-order valence-electron chi connectivity index (χ2n) is 10.0. The summed E-state index contributed by atoms with van der Waals surface area (Å²) >= 11 is 0. The normalized spacial score (nSPS) is 17.8. The first-order valence-corrected chi connectivity index (χ1v) is 15.1. The van der Waals surface area contributed by atoms with Gasteiger partial charge in [0.25, 0.3) is 5.91 Å². The molecule has 3 amide bonds. The van der Waals surface area contributed by atoms with Crippen LogP contribution in [-0.2, 0) is 38.8 Å². The molecule has 0 radical (unpaired) electrons. The van der Waals surface area contributed by atoms with E-state index in [2.05, 4.69) is 21.3 Å². The van der Waals surface area contributed by atoms with Gasteiger partial charge in [0.15, 0.2) is 9.84 Å². The van der Waals surface area contributed by atoms with Crippen LogP contribution < -0.4 is 21.3 Å². The number of sulfone groups is 1. The minimum absolute atomic E-state index is 0.0556.